The Balaban J connectivity index is 1.88. The molecule has 2 heterocycles. The molecule has 0 saturated heterocycles. The minimum absolute atomic E-state index is 0.0521. The molecule has 182 valence electrons. The number of nitrogens with two attached hydrogens (primary N) is 1. The topological polar surface area (TPSA) is 82.5 Å². The van der Waals surface area contributed by atoms with Gasteiger partial charge in [0.15, 0.2) is 22.8 Å². The first-order valence-corrected chi connectivity index (χ1v) is 10.0. The van der Waals surface area contributed by atoms with Crippen LogP contribution in [0, 0.1) is 6.92 Å². The van der Waals surface area contributed by atoms with Crippen molar-refractivity contribution in [3.05, 3.63) is 47.4 Å². The Kier molecular flexibility index (Phi) is 5.48. The van der Waals surface area contributed by atoms with Crippen LogP contribution in [0.25, 0.3) is 16.9 Å². The number of nitrogens with zero attached hydrogens (tertiary/aromatic N) is 3. The van der Waals surface area contributed by atoms with Gasteiger partial charge in [-0.3, -0.25) is 4.40 Å². The van der Waals surface area contributed by atoms with Crippen LogP contribution in [0.15, 0.2) is 30.6 Å². The first-order chi connectivity index (χ1) is 15.7. The molecule has 2 unspecified atom stereocenters. The lowest BCUT2D eigenvalue weighted by Crippen LogP contribution is -2.41. The second-order valence-corrected chi connectivity index (χ2v) is 8.01. The van der Waals surface area contributed by atoms with E-state index in [2.05, 4.69) is 9.97 Å². The van der Waals surface area contributed by atoms with Gasteiger partial charge in [0, 0.05) is 11.8 Å². The van der Waals surface area contributed by atoms with Crippen LogP contribution >= 0.6 is 0 Å². The third-order valence-electron chi connectivity index (χ3n) is 5.83. The van der Waals surface area contributed by atoms with Gasteiger partial charge >= 0.3 is 18.3 Å². The van der Waals surface area contributed by atoms with E-state index in [-0.39, 0.29) is 41.7 Å². The number of rotatable bonds is 3. The van der Waals surface area contributed by atoms with E-state index in [9.17, 15) is 35.5 Å². The molecule has 2 N–H and O–H groups in total. The maximum atomic E-state index is 14.9. The quantitative estimate of drug-likeness (QED) is 0.407. The lowest BCUT2D eigenvalue weighted by molar-refractivity contribution is -0.219. The molecule has 0 amide bonds. The predicted molar refractivity (Wildman–Crippen MR) is 105 cm³/mol. The summed E-state index contributed by atoms with van der Waals surface area (Å²) < 4.78 is 99.2. The first-order valence-electron chi connectivity index (χ1n) is 10.0. The van der Waals surface area contributed by atoms with Crippen LogP contribution in [0.3, 0.4) is 0 Å². The van der Waals surface area contributed by atoms with Crippen LogP contribution in [0.1, 0.15) is 36.1 Å². The average molecular weight is 490 g/mol. The molecule has 13 heteroatoms. The molecule has 2 atom stereocenters. The minimum atomic E-state index is -5.33. The summed E-state index contributed by atoms with van der Waals surface area (Å²) in [5.74, 6) is -3.01. The molecule has 3 aromatic rings. The summed E-state index contributed by atoms with van der Waals surface area (Å²) in [5, 5.41) is 0. The summed E-state index contributed by atoms with van der Waals surface area (Å²) in [5.41, 5.74) is 2.90. The monoisotopic (exact) mass is 490 g/mol. The van der Waals surface area contributed by atoms with E-state index >= 15 is 0 Å². The summed E-state index contributed by atoms with van der Waals surface area (Å²) in [6, 6.07) is 4.08. The fourth-order valence-electron chi connectivity index (χ4n) is 4.17. The third-order valence-corrected chi connectivity index (χ3v) is 5.83. The molecule has 0 spiro atoms. The van der Waals surface area contributed by atoms with Crippen LogP contribution in [0.4, 0.5) is 36.6 Å². The summed E-state index contributed by atoms with van der Waals surface area (Å²) in [6.07, 6.45) is -10.3. The number of carbonyl (C=O) groups excluding carboxylic acids is 1. The second-order valence-electron chi connectivity index (χ2n) is 8.01. The van der Waals surface area contributed by atoms with Gasteiger partial charge in [-0.2, -0.15) is 26.3 Å². The molecule has 0 bridgehead atoms. The highest BCUT2D eigenvalue weighted by Crippen LogP contribution is 2.46. The van der Waals surface area contributed by atoms with Crippen LogP contribution in [-0.4, -0.2) is 32.7 Å². The van der Waals surface area contributed by atoms with E-state index in [1.807, 2.05) is 0 Å². The Bertz CT molecular complexity index is 1270. The summed E-state index contributed by atoms with van der Waals surface area (Å²) in [4.78, 5) is 18.9. The van der Waals surface area contributed by atoms with Gasteiger partial charge in [-0.05, 0) is 43.4 Å². The van der Waals surface area contributed by atoms with Crippen molar-refractivity contribution in [1.29, 1.82) is 0 Å². The number of benzene rings is 1. The fourth-order valence-corrected chi connectivity index (χ4v) is 4.17. The van der Waals surface area contributed by atoms with E-state index < -0.39 is 41.6 Å². The van der Waals surface area contributed by atoms with Gasteiger partial charge in [0.25, 0.3) is 0 Å². The highest BCUT2D eigenvalue weighted by atomic mass is 19.4. The van der Waals surface area contributed by atoms with E-state index in [1.54, 1.807) is 6.92 Å². The third kappa shape index (κ3) is 3.92. The maximum Gasteiger partial charge on any atom is 0.490 e. The van der Waals surface area contributed by atoms with Gasteiger partial charge in [-0.1, -0.05) is 12.1 Å². The zero-order chi connectivity index (χ0) is 25.1. The Morgan fingerprint density at radius 3 is 2.53 bits per heavy atom. The lowest BCUT2D eigenvalue weighted by atomic mass is 9.87. The number of halogens is 7. The van der Waals surface area contributed by atoms with Crippen LogP contribution in [0.5, 0.6) is 0 Å². The number of aryl methyl sites for hydroxylation is 1. The van der Waals surface area contributed by atoms with Gasteiger partial charge in [-0.25, -0.2) is 19.2 Å². The number of fused-ring (bicyclic) bond motifs is 1. The molecular weight excluding hydrogens is 473 g/mol. The molecule has 34 heavy (non-hydrogen) atoms. The Morgan fingerprint density at radius 1 is 1.24 bits per heavy atom. The number of carbonyl (C=O) groups is 1. The first kappa shape index (κ1) is 23.8. The zero-order valence-corrected chi connectivity index (χ0v) is 17.5. The molecule has 6 nitrogen and oxygen atoms in total. The predicted octanol–water partition coefficient (Wildman–Crippen LogP) is 5.13. The van der Waals surface area contributed by atoms with Crippen molar-refractivity contribution in [2.75, 3.05) is 5.73 Å². The largest absolute Gasteiger partial charge is 0.490 e. The van der Waals surface area contributed by atoms with Crippen molar-refractivity contribution in [2.45, 2.75) is 50.3 Å². The van der Waals surface area contributed by atoms with Gasteiger partial charge in [-0.15, -0.1) is 0 Å². The molecule has 1 aliphatic rings. The van der Waals surface area contributed by atoms with Crippen molar-refractivity contribution in [3.63, 3.8) is 0 Å². The number of nitrogen functional groups attached to an aromatic ring is 1. The maximum absolute atomic E-state index is 14.9. The van der Waals surface area contributed by atoms with Crippen LogP contribution in [0.2, 0.25) is 0 Å². The molecule has 0 radical (unpaired) electrons. The molecule has 1 aliphatic carbocycles. The SMILES string of the molecule is Cc1ccc(C2(OC(=O)C(F)(F)F)CCCC2F)cc1-c1cnc2c(N)nc(C(F)(F)F)cn12. The molecule has 0 aliphatic heterocycles. The minimum Gasteiger partial charge on any atom is -0.444 e. The number of imidazole rings is 1. The number of alkyl halides is 7. The Labute approximate surface area is 187 Å². The highest BCUT2D eigenvalue weighted by molar-refractivity contribution is 5.77. The fraction of sp³-hybridized carbons (Fsp3) is 0.381. The number of hydrogen-bond acceptors (Lipinski definition) is 5. The van der Waals surface area contributed by atoms with Gasteiger partial charge in [0.2, 0.25) is 0 Å². The zero-order valence-electron chi connectivity index (χ0n) is 17.5. The molecule has 1 fully saturated rings. The normalized spacial score (nSPS) is 21.2. The van der Waals surface area contributed by atoms with E-state index in [4.69, 9.17) is 10.5 Å². The van der Waals surface area contributed by atoms with Crippen molar-refractivity contribution < 1.29 is 40.3 Å². The summed E-state index contributed by atoms with van der Waals surface area (Å²) in [6.45, 7) is 1.60. The number of hydrogen-bond donors (Lipinski definition) is 1. The second kappa shape index (κ2) is 7.84. The molecule has 2 aromatic heterocycles. The van der Waals surface area contributed by atoms with Gasteiger partial charge in [0.05, 0.1) is 11.9 Å². The Hall–Kier alpha value is -3.38. The van der Waals surface area contributed by atoms with Crippen molar-refractivity contribution in [1.82, 2.24) is 14.4 Å². The van der Waals surface area contributed by atoms with Crippen molar-refractivity contribution >= 4 is 17.4 Å². The van der Waals surface area contributed by atoms with E-state index in [0.29, 0.717) is 11.8 Å². The van der Waals surface area contributed by atoms with Gasteiger partial charge < -0.3 is 10.5 Å². The molecular formula is C21H17F7N4O2. The average Bonchev–Trinajstić information content (AvgIpc) is 3.32. The van der Waals surface area contributed by atoms with E-state index in [1.165, 1.54) is 24.4 Å². The molecule has 1 saturated carbocycles. The van der Waals surface area contributed by atoms with Crippen LogP contribution in [-0.2, 0) is 21.3 Å². The summed E-state index contributed by atoms with van der Waals surface area (Å²) in [7, 11) is 0. The van der Waals surface area contributed by atoms with Crippen LogP contribution < -0.4 is 5.73 Å². The standard InChI is InChI=1S/C21H17F7N4O2/c1-10-4-5-11(19(6-2-3-14(19)22)34-18(33)21(26,27)28)7-12(10)13-8-30-17-16(29)31-15(9-32(13)17)20(23,24)25/h4-5,7-9,14H,2-3,6H2,1H3,(H2,29,31). The van der Waals surface area contributed by atoms with Gasteiger partial charge in [0.1, 0.15) is 6.17 Å². The number of aromatic nitrogens is 3. The number of anilines is 1. The smallest absolute Gasteiger partial charge is 0.444 e. The van der Waals surface area contributed by atoms with E-state index in [0.717, 1.165) is 4.40 Å². The highest BCUT2D eigenvalue weighted by Gasteiger charge is 2.53. The Morgan fingerprint density at radius 2 is 1.94 bits per heavy atom. The number of esters is 1. The summed E-state index contributed by atoms with van der Waals surface area (Å²) >= 11 is 0. The van der Waals surface area contributed by atoms with Crippen molar-refractivity contribution in [2.24, 2.45) is 0 Å². The number of ether oxygens (including phenoxy) is 1. The molecule has 4 rings (SSSR count). The van der Waals surface area contributed by atoms with Crippen molar-refractivity contribution in [3.8, 4) is 11.3 Å². The molecule has 1 aromatic carbocycles. The lowest BCUT2D eigenvalue weighted by Gasteiger charge is -2.32.